The van der Waals surface area contributed by atoms with Crippen LogP contribution in [0.1, 0.15) is 34.7 Å². The van der Waals surface area contributed by atoms with Gasteiger partial charge in [0.2, 0.25) is 0 Å². The summed E-state index contributed by atoms with van der Waals surface area (Å²) < 4.78 is 0. The fourth-order valence-electron chi connectivity index (χ4n) is 7.43. The van der Waals surface area contributed by atoms with Crippen molar-refractivity contribution in [3.63, 3.8) is 0 Å². The summed E-state index contributed by atoms with van der Waals surface area (Å²) in [5.41, 5.74) is 16.8. The molecule has 256 valence electrons. The van der Waals surface area contributed by atoms with Gasteiger partial charge in [-0.1, -0.05) is 183 Å². The second-order valence-electron chi connectivity index (χ2n) is 13.6. The van der Waals surface area contributed by atoms with Gasteiger partial charge < -0.3 is 0 Å². The molecule has 1 heteroatoms. The predicted molar refractivity (Wildman–Crippen MR) is 229 cm³/mol. The lowest BCUT2D eigenvalue weighted by atomic mass is 9.84. The Hall–Kier alpha value is -7.01. The summed E-state index contributed by atoms with van der Waals surface area (Å²) in [7, 11) is 0. The Balaban J connectivity index is 1.27. The first-order valence-corrected chi connectivity index (χ1v) is 18.5. The van der Waals surface area contributed by atoms with Crippen LogP contribution in [-0.2, 0) is 6.42 Å². The molecule has 54 heavy (non-hydrogen) atoms. The van der Waals surface area contributed by atoms with Crippen LogP contribution in [-0.4, -0.2) is 0 Å². The quantitative estimate of drug-likeness (QED) is 0.138. The number of rotatable bonds is 9. The van der Waals surface area contributed by atoms with Gasteiger partial charge in [-0.15, -0.1) is 0 Å². The molecule has 0 unspecified atom stereocenters. The third-order valence-electron chi connectivity index (χ3n) is 10.3. The zero-order valence-corrected chi connectivity index (χ0v) is 30.3. The molecule has 0 N–H and O–H groups in total. The van der Waals surface area contributed by atoms with Gasteiger partial charge in [0.25, 0.3) is 0 Å². The minimum absolute atomic E-state index is 0.663. The van der Waals surface area contributed by atoms with E-state index in [0.29, 0.717) is 5.56 Å². The summed E-state index contributed by atoms with van der Waals surface area (Å²) in [4.78, 5) is 0. The fraction of sp³-hybridized carbons (Fsp3) is 0.0377. The number of fused-ring (bicyclic) bond motifs is 1. The minimum atomic E-state index is 0.663. The van der Waals surface area contributed by atoms with Crippen LogP contribution in [0.3, 0.4) is 0 Å². The minimum Gasteiger partial charge on any atom is -0.192 e. The molecule has 8 aromatic carbocycles. The van der Waals surface area contributed by atoms with E-state index in [0.717, 1.165) is 45.4 Å². The molecule has 8 rings (SSSR count). The predicted octanol–water partition coefficient (Wildman–Crippen LogP) is 14.1. The van der Waals surface area contributed by atoms with Gasteiger partial charge in [-0.2, -0.15) is 5.26 Å². The summed E-state index contributed by atoms with van der Waals surface area (Å²) in [6, 6.07) is 68.7. The van der Waals surface area contributed by atoms with E-state index in [4.69, 9.17) is 0 Å². The third kappa shape index (κ3) is 6.94. The maximum absolute atomic E-state index is 9.28. The molecule has 0 spiro atoms. The van der Waals surface area contributed by atoms with Gasteiger partial charge in [0, 0.05) is 0 Å². The van der Waals surface area contributed by atoms with Gasteiger partial charge in [-0.25, -0.2) is 0 Å². The molecular formula is C53H39N. The Morgan fingerprint density at radius 2 is 0.926 bits per heavy atom. The SMILES string of the molecule is C=C(/C=C(/c1ccc(-c2ccccc2)cc1)c1cc(-c2ccc(-c3ccc(C#N)cc3)cc2)c2ccccc2c1CC)c1ccc(-c2ccccc2)cc1. The zero-order valence-electron chi connectivity index (χ0n) is 30.3. The van der Waals surface area contributed by atoms with Crippen molar-refractivity contribution in [2.24, 2.45) is 0 Å². The highest BCUT2D eigenvalue weighted by atomic mass is 14.2. The van der Waals surface area contributed by atoms with Crippen LogP contribution in [0.4, 0.5) is 0 Å². The molecule has 0 radical (unpaired) electrons. The molecule has 0 amide bonds. The Morgan fingerprint density at radius 1 is 0.500 bits per heavy atom. The van der Waals surface area contributed by atoms with Crippen LogP contribution in [0, 0.1) is 11.3 Å². The molecule has 8 aromatic rings. The van der Waals surface area contributed by atoms with Gasteiger partial charge >= 0.3 is 0 Å². The van der Waals surface area contributed by atoms with Gasteiger partial charge in [0.1, 0.15) is 0 Å². The van der Waals surface area contributed by atoms with Gasteiger partial charge in [0.15, 0.2) is 0 Å². The van der Waals surface area contributed by atoms with E-state index >= 15 is 0 Å². The van der Waals surface area contributed by atoms with Crippen LogP contribution in [0.2, 0.25) is 0 Å². The second-order valence-corrected chi connectivity index (χ2v) is 13.6. The lowest BCUT2D eigenvalue weighted by molar-refractivity contribution is 1.15. The van der Waals surface area contributed by atoms with Crippen molar-refractivity contribution < 1.29 is 0 Å². The monoisotopic (exact) mass is 689 g/mol. The third-order valence-corrected chi connectivity index (χ3v) is 10.3. The number of aryl methyl sites for hydroxylation is 1. The first-order valence-electron chi connectivity index (χ1n) is 18.5. The molecular weight excluding hydrogens is 651 g/mol. The average molecular weight is 690 g/mol. The maximum Gasteiger partial charge on any atom is 0.0991 e. The number of allylic oxidation sites excluding steroid dienone is 2. The van der Waals surface area contributed by atoms with Crippen molar-refractivity contribution >= 4 is 21.9 Å². The highest BCUT2D eigenvalue weighted by molar-refractivity contribution is 6.04. The molecule has 0 aliphatic heterocycles. The molecule has 0 atom stereocenters. The fourth-order valence-corrected chi connectivity index (χ4v) is 7.43. The van der Waals surface area contributed by atoms with E-state index in [2.05, 4.69) is 183 Å². The normalized spacial score (nSPS) is 11.3. The largest absolute Gasteiger partial charge is 0.192 e. The van der Waals surface area contributed by atoms with Crippen molar-refractivity contribution in [2.75, 3.05) is 0 Å². The maximum atomic E-state index is 9.28. The van der Waals surface area contributed by atoms with Crippen LogP contribution in [0.15, 0.2) is 201 Å². The van der Waals surface area contributed by atoms with Gasteiger partial charge in [-0.05, 0) is 119 Å². The Kier molecular flexibility index (Phi) is 9.66. The first kappa shape index (κ1) is 34.1. The topological polar surface area (TPSA) is 23.8 Å². The van der Waals surface area contributed by atoms with E-state index in [1.165, 1.54) is 49.7 Å². The summed E-state index contributed by atoms with van der Waals surface area (Å²) >= 11 is 0. The molecule has 0 aliphatic carbocycles. The van der Waals surface area contributed by atoms with E-state index in [-0.39, 0.29) is 0 Å². The van der Waals surface area contributed by atoms with Crippen molar-refractivity contribution in [1.29, 1.82) is 5.26 Å². The molecule has 0 heterocycles. The van der Waals surface area contributed by atoms with Crippen molar-refractivity contribution in [1.82, 2.24) is 0 Å². The van der Waals surface area contributed by atoms with Crippen molar-refractivity contribution in [3.8, 4) is 50.6 Å². The standard InChI is InChI=1S/C53H39N/c1-3-48-49-16-10-11-17-50(49)52(47-32-28-45(29-33-47)42-20-18-38(36-54)19-21-42)35-53(48)51(46-30-26-44(27-31-46)41-14-8-5-9-15-41)34-37(2)39-22-24-43(25-23-39)40-12-6-4-7-13-40/h4-35H,2-3H2,1H3/b51-34-. The van der Waals surface area contributed by atoms with Crippen molar-refractivity contribution in [3.05, 3.63) is 229 Å². The smallest absolute Gasteiger partial charge is 0.0991 e. The molecule has 1 nitrogen and oxygen atoms in total. The lowest BCUT2D eigenvalue weighted by Crippen LogP contribution is -1.99. The van der Waals surface area contributed by atoms with E-state index in [1.807, 2.05) is 30.3 Å². The molecule has 0 bridgehead atoms. The zero-order chi connectivity index (χ0) is 36.9. The first-order chi connectivity index (χ1) is 26.6. The average Bonchev–Trinajstić information content (AvgIpc) is 3.26. The van der Waals surface area contributed by atoms with Crippen molar-refractivity contribution in [2.45, 2.75) is 13.3 Å². The number of hydrogen-bond donors (Lipinski definition) is 0. The molecule has 0 fully saturated rings. The van der Waals surface area contributed by atoms with E-state index < -0.39 is 0 Å². The highest BCUT2D eigenvalue weighted by Gasteiger charge is 2.18. The molecule has 0 saturated heterocycles. The van der Waals surface area contributed by atoms with Crippen LogP contribution in [0.5, 0.6) is 0 Å². The Morgan fingerprint density at radius 3 is 1.44 bits per heavy atom. The summed E-state index contributed by atoms with van der Waals surface area (Å²) in [6.07, 6.45) is 3.15. The van der Waals surface area contributed by atoms with Crippen LogP contribution >= 0.6 is 0 Å². The van der Waals surface area contributed by atoms with Gasteiger partial charge in [0.05, 0.1) is 11.6 Å². The van der Waals surface area contributed by atoms with E-state index in [9.17, 15) is 5.26 Å². The van der Waals surface area contributed by atoms with E-state index in [1.54, 1.807) is 0 Å². The number of nitriles is 1. The summed E-state index contributed by atoms with van der Waals surface area (Å²) in [5, 5.41) is 11.8. The lowest BCUT2D eigenvalue weighted by Gasteiger charge is -2.20. The van der Waals surface area contributed by atoms with Crippen LogP contribution in [0.25, 0.3) is 66.4 Å². The summed E-state index contributed by atoms with van der Waals surface area (Å²) in [6.45, 7) is 6.89. The second kappa shape index (κ2) is 15.3. The highest BCUT2D eigenvalue weighted by Crippen LogP contribution is 2.40. The number of nitrogens with zero attached hydrogens (tertiary/aromatic N) is 1. The Labute approximate surface area is 318 Å². The number of hydrogen-bond acceptors (Lipinski definition) is 1. The Bertz CT molecular complexity index is 2640. The number of benzene rings is 8. The molecule has 0 saturated carbocycles. The summed E-state index contributed by atoms with van der Waals surface area (Å²) in [5.74, 6) is 0. The van der Waals surface area contributed by atoms with Crippen LogP contribution < -0.4 is 0 Å². The molecule has 0 aromatic heterocycles. The van der Waals surface area contributed by atoms with Gasteiger partial charge in [-0.3, -0.25) is 0 Å². The molecule has 0 aliphatic rings.